The number of unbranched alkanes of at least 4 members (excludes halogenated alkanes) is 4. The number of hydrogen-bond donors (Lipinski definition) is 1. The van der Waals surface area contributed by atoms with Crippen molar-refractivity contribution in [1.82, 2.24) is 0 Å². The van der Waals surface area contributed by atoms with E-state index in [1.54, 1.807) is 11.3 Å². The quantitative estimate of drug-likeness (QED) is 0.186. The van der Waals surface area contributed by atoms with E-state index >= 15 is 0 Å². The van der Waals surface area contributed by atoms with Crippen molar-refractivity contribution < 1.29 is 2.85 Å². The molecule has 0 aliphatic heterocycles. The molecule has 0 unspecified atom stereocenters. The maximum atomic E-state index is 4.39. The smallest absolute Gasteiger partial charge is 0.00731 e. The molecular formula is C38H84S4. The summed E-state index contributed by atoms with van der Waals surface area (Å²) in [4.78, 5) is 0. The highest BCUT2D eigenvalue weighted by Crippen LogP contribution is 2.19. The van der Waals surface area contributed by atoms with Crippen LogP contribution in [0.15, 0.2) is 51.8 Å². The minimum Gasteiger partial charge on any atom is -0.197 e. The van der Waals surface area contributed by atoms with E-state index in [1.165, 1.54) is 86.5 Å². The zero-order valence-electron chi connectivity index (χ0n) is 31.5. The number of thiophene rings is 1. The molecule has 1 aromatic heterocycles. The number of rotatable bonds is 10. The summed E-state index contributed by atoms with van der Waals surface area (Å²) in [6.07, 6.45) is 19.6. The molecule has 0 radical (unpaired) electrons. The minimum atomic E-state index is 0. The van der Waals surface area contributed by atoms with E-state index < -0.39 is 0 Å². The van der Waals surface area contributed by atoms with Gasteiger partial charge in [-0.15, -0.1) is 0 Å². The van der Waals surface area contributed by atoms with Gasteiger partial charge in [-0.3, -0.25) is 0 Å². The average Bonchev–Trinajstić information content (AvgIpc) is 3.35. The molecule has 4 heteroatoms. The molecule has 0 aliphatic rings. The molecule has 1 rings (SSSR count). The Hall–Kier alpha value is -0.0300. The SMILES string of the molecule is CC=C(C)C.CCCC=C(C)C.CCCC=C(C)C.CCCCC(C)(C)S.CCCCC(C)C.Cc1ccsc1.S.S.[HH].[HH]. The summed E-state index contributed by atoms with van der Waals surface area (Å²) in [6.45, 7) is 34.5. The minimum absolute atomic E-state index is 0. The van der Waals surface area contributed by atoms with Gasteiger partial charge in [-0.25, -0.2) is 0 Å². The molecule has 1 aromatic rings. The van der Waals surface area contributed by atoms with Crippen molar-refractivity contribution in [3.63, 3.8) is 0 Å². The summed E-state index contributed by atoms with van der Waals surface area (Å²) < 4.78 is 0.246. The Labute approximate surface area is 295 Å². The Morgan fingerprint density at radius 2 is 1.21 bits per heavy atom. The third-order valence-electron chi connectivity index (χ3n) is 5.20. The molecule has 0 nitrogen and oxygen atoms in total. The van der Waals surface area contributed by atoms with E-state index in [4.69, 9.17) is 0 Å². The topological polar surface area (TPSA) is 0 Å². The Kier molecular flexibility index (Phi) is 62.3. The summed E-state index contributed by atoms with van der Waals surface area (Å²) in [6, 6.07) is 2.10. The first-order valence-corrected chi connectivity index (χ1v) is 17.5. The van der Waals surface area contributed by atoms with Crippen molar-refractivity contribution in [3.8, 4) is 0 Å². The lowest BCUT2D eigenvalue weighted by Gasteiger charge is -2.15. The molecule has 0 bridgehead atoms. The van der Waals surface area contributed by atoms with Gasteiger partial charge in [-0.2, -0.15) is 51.0 Å². The normalized spacial score (nSPS) is 8.90. The van der Waals surface area contributed by atoms with Crippen molar-refractivity contribution in [2.45, 2.75) is 180 Å². The fraction of sp³-hybridized carbons (Fsp3) is 0.737. The Bertz CT molecular complexity index is 640. The maximum Gasteiger partial charge on any atom is 0.00731 e. The van der Waals surface area contributed by atoms with E-state index in [-0.39, 0.29) is 34.6 Å². The summed E-state index contributed by atoms with van der Waals surface area (Å²) >= 11 is 6.13. The standard InChI is InChI=1S/C7H16S.C7H16.2C7H14.C5H6S.C5H10.2H2S.2H2/c1-4-5-6-7(2,3)8;3*1-4-5-6-7(2)3;1-5-2-3-6-4-5;1-4-5(2)3;;;;/h8H,4-6H2,1-3H3;7H,4-6H2,1-3H3;2*6H,4-5H2,1-3H3;2-4H,1H3;4H,1-3H3;2*1H2;2*1H. The van der Waals surface area contributed by atoms with Crippen LogP contribution in [0.5, 0.6) is 0 Å². The van der Waals surface area contributed by atoms with Gasteiger partial charge in [0.25, 0.3) is 0 Å². The molecule has 0 fully saturated rings. The van der Waals surface area contributed by atoms with Gasteiger partial charge in [-0.05, 0) is 103 Å². The fourth-order valence-corrected chi connectivity index (χ4v) is 3.24. The third kappa shape index (κ3) is 90.0. The van der Waals surface area contributed by atoms with Crippen LogP contribution in [-0.4, -0.2) is 4.75 Å². The van der Waals surface area contributed by atoms with Gasteiger partial charge in [0.05, 0.1) is 0 Å². The first-order valence-electron chi connectivity index (χ1n) is 16.1. The molecule has 0 spiro atoms. The van der Waals surface area contributed by atoms with E-state index in [9.17, 15) is 0 Å². The van der Waals surface area contributed by atoms with E-state index in [2.05, 4.69) is 152 Å². The lowest BCUT2D eigenvalue weighted by atomic mass is 10.1. The van der Waals surface area contributed by atoms with Crippen molar-refractivity contribution >= 4 is 51.0 Å². The number of thiol groups is 1. The fourth-order valence-electron chi connectivity index (χ4n) is 2.42. The lowest BCUT2D eigenvalue weighted by molar-refractivity contribution is 0.550. The molecular weight excluding hydrogens is 585 g/mol. The van der Waals surface area contributed by atoms with Crippen LogP contribution in [0.1, 0.15) is 176 Å². The molecule has 0 atom stereocenters. The lowest BCUT2D eigenvalue weighted by Crippen LogP contribution is -2.08. The summed E-state index contributed by atoms with van der Waals surface area (Å²) in [5.74, 6) is 0.903. The first kappa shape index (κ1) is 57.6. The highest BCUT2D eigenvalue weighted by molar-refractivity contribution is 7.81. The second kappa shape index (κ2) is 45.4. The zero-order valence-corrected chi connectivity index (χ0v) is 35.2. The van der Waals surface area contributed by atoms with Crippen molar-refractivity contribution in [3.05, 3.63) is 57.3 Å². The monoisotopic (exact) mass is 669 g/mol. The predicted molar refractivity (Wildman–Crippen MR) is 225 cm³/mol. The largest absolute Gasteiger partial charge is 0.197 e. The molecule has 0 aromatic carbocycles. The number of hydrogen-bond acceptors (Lipinski definition) is 2. The van der Waals surface area contributed by atoms with Crippen molar-refractivity contribution in [2.24, 2.45) is 5.92 Å². The molecule has 0 aliphatic carbocycles. The molecule has 0 N–H and O–H groups in total. The molecule has 1 heterocycles. The van der Waals surface area contributed by atoms with Gasteiger partial charge in [0.15, 0.2) is 0 Å². The van der Waals surface area contributed by atoms with Crippen LogP contribution in [0.3, 0.4) is 0 Å². The van der Waals surface area contributed by atoms with E-state index in [0.29, 0.717) is 0 Å². The number of allylic oxidation sites excluding steroid dienone is 6. The highest BCUT2D eigenvalue weighted by atomic mass is 32.1. The summed E-state index contributed by atoms with van der Waals surface area (Å²) in [5.41, 5.74) is 5.61. The van der Waals surface area contributed by atoms with Crippen LogP contribution in [0, 0.1) is 12.8 Å². The van der Waals surface area contributed by atoms with E-state index in [0.717, 1.165) is 5.92 Å². The van der Waals surface area contributed by atoms with E-state index in [1.807, 2.05) is 6.92 Å². The van der Waals surface area contributed by atoms with Crippen LogP contribution in [0.2, 0.25) is 0 Å². The van der Waals surface area contributed by atoms with Crippen molar-refractivity contribution in [2.75, 3.05) is 0 Å². The number of aryl methyl sites for hydroxylation is 1. The van der Waals surface area contributed by atoms with Crippen LogP contribution >= 0.6 is 51.0 Å². The summed E-state index contributed by atoms with van der Waals surface area (Å²) in [5, 5.41) is 4.20. The molecule has 0 amide bonds. The second-order valence-electron chi connectivity index (χ2n) is 12.3. The van der Waals surface area contributed by atoms with Gasteiger partial charge in [0, 0.05) is 7.60 Å². The van der Waals surface area contributed by atoms with Crippen LogP contribution < -0.4 is 0 Å². The Morgan fingerprint density at radius 1 is 0.810 bits per heavy atom. The van der Waals surface area contributed by atoms with Gasteiger partial charge in [0.1, 0.15) is 0 Å². The first-order chi connectivity index (χ1) is 18.5. The van der Waals surface area contributed by atoms with Crippen LogP contribution in [-0.2, 0) is 0 Å². The third-order valence-corrected chi connectivity index (χ3v) is 6.23. The molecule has 42 heavy (non-hydrogen) atoms. The van der Waals surface area contributed by atoms with Crippen LogP contribution in [0.25, 0.3) is 0 Å². The van der Waals surface area contributed by atoms with Crippen LogP contribution in [0.4, 0.5) is 0 Å². The Morgan fingerprint density at radius 3 is 1.31 bits per heavy atom. The Balaban J connectivity index is -0.0000000471. The van der Waals surface area contributed by atoms with Crippen molar-refractivity contribution in [1.29, 1.82) is 0 Å². The summed E-state index contributed by atoms with van der Waals surface area (Å²) in [7, 11) is 0. The van der Waals surface area contributed by atoms with Gasteiger partial charge in [0.2, 0.25) is 0 Å². The molecule has 0 saturated heterocycles. The maximum absolute atomic E-state index is 4.39. The highest BCUT2D eigenvalue weighted by Gasteiger charge is 2.08. The molecule has 260 valence electrons. The average molecular weight is 669 g/mol. The van der Waals surface area contributed by atoms with Gasteiger partial charge in [-0.1, -0.05) is 135 Å². The predicted octanol–water partition coefficient (Wildman–Crippen LogP) is 16.0. The van der Waals surface area contributed by atoms with Gasteiger partial charge >= 0.3 is 0 Å². The zero-order chi connectivity index (χ0) is 32.4. The molecule has 0 saturated carbocycles. The second-order valence-corrected chi connectivity index (χ2v) is 14.2. The van der Waals surface area contributed by atoms with Gasteiger partial charge < -0.3 is 0 Å².